The lowest BCUT2D eigenvalue weighted by atomic mass is 10.2. The lowest BCUT2D eigenvalue weighted by Gasteiger charge is -2.10. The van der Waals surface area contributed by atoms with Crippen LogP contribution in [0.25, 0.3) is 0 Å². The summed E-state index contributed by atoms with van der Waals surface area (Å²) in [6.45, 7) is 7.25. The molecule has 0 spiro atoms. The molecule has 112 valence electrons. The highest BCUT2D eigenvalue weighted by Gasteiger charge is 2.16. The fourth-order valence-corrected chi connectivity index (χ4v) is 2.97. The Morgan fingerprint density at radius 3 is 2.57 bits per heavy atom. The van der Waals surface area contributed by atoms with Crippen molar-refractivity contribution in [2.24, 2.45) is 0 Å². The summed E-state index contributed by atoms with van der Waals surface area (Å²) in [5.74, 6) is 1.84. The Labute approximate surface area is 130 Å². The maximum atomic E-state index is 12.1. The molecule has 0 bridgehead atoms. The van der Waals surface area contributed by atoms with Crippen molar-refractivity contribution >= 4 is 17.5 Å². The predicted molar refractivity (Wildman–Crippen MR) is 85.9 cm³/mol. The highest BCUT2D eigenvalue weighted by Crippen LogP contribution is 2.22. The van der Waals surface area contributed by atoms with Gasteiger partial charge in [-0.25, -0.2) is 0 Å². The zero-order chi connectivity index (χ0) is 15.2. The van der Waals surface area contributed by atoms with E-state index in [9.17, 15) is 4.79 Å². The minimum Gasteiger partial charge on any atom is -0.306 e. The van der Waals surface area contributed by atoms with E-state index < -0.39 is 0 Å². The van der Waals surface area contributed by atoms with Gasteiger partial charge in [0.1, 0.15) is 5.82 Å². The minimum absolute atomic E-state index is 0.123. The first kappa shape index (κ1) is 15.8. The molecule has 0 amide bonds. The summed E-state index contributed by atoms with van der Waals surface area (Å²) in [7, 11) is 0. The summed E-state index contributed by atoms with van der Waals surface area (Å²) in [5, 5.41) is 9.35. The number of carbonyl (C=O) groups excluding carboxylic acids is 1. The molecule has 2 aromatic rings. The topological polar surface area (TPSA) is 47.8 Å². The molecular formula is C16H21N3OS. The number of carbonyl (C=O) groups is 1. The van der Waals surface area contributed by atoms with Crippen LogP contribution in [0.3, 0.4) is 0 Å². The molecular weight excluding hydrogens is 282 g/mol. The van der Waals surface area contributed by atoms with Crippen molar-refractivity contribution < 1.29 is 4.79 Å². The Morgan fingerprint density at radius 1 is 1.24 bits per heavy atom. The van der Waals surface area contributed by atoms with Gasteiger partial charge in [0, 0.05) is 18.0 Å². The normalized spacial score (nSPS) is 11.0. The molecule has 1 heterocycles. The summed E-state index contributed by atoms with van der Waals surface area (Å²) in [6.07, 6.45) is 1.03. The molecule has 1 aromatic heterocycles. The van der Waals surface area contributed by atoms with Gasteiger partial charge in [-0.1, -0.05) is 62.9 Å². The standard InChI is InChI=1S/C16H21N3OS/c1-4-10-19-15(12(2)3)17-18-16(19)21-11-14(20)13-8-6-5-7-9-13/h5-9,12H,4,10-11H2,1-3H3. The molecule has 21 heavy (non-hydrogen) atoms. The second kappa shape index (κ2) is 7.41. The Kier molecular flexibility index (Phi) is 5.56. The van der Waals surface area contributed by atoms with Gasteiger partial charge in [-0.3, -0.25) is 4.79 Å². The van der Waals surface area contributed by atoms with Crippen molar-refractivity contribution in [3.8, 4) is 0 Å². The molecule has 0 aliphatic carbocycles. The minimum atomic E-state index is 0.123. The number of rotatable bonds is 7. The number of nitrogens with zero attached hydrogens (tertiary/aromatic N) is 3. The van der Waals surface area contributed by atoms with E-state index in [-0.39, 0.29) is 5.78 Å². The van der Waals surface area contributed by atoms with E-state index in [1.165, 1.54) is 11.8 Å². The van der Waals surface area contributed by atoms with Crippen molar-refractivity contribution in [2.45, 2.75) is 44.8 Å². The fourth-order valence-electron chi connectivity index (χ4n) is 2.11. The predicted octanol–water partition coefficient (Wildman–Crippen LogP) is 3.79. The molecule has 0 atom stereocenters. The first-order chi connectivity index (χ1) is 10.1. The van der Waals surface area contributed by atoms with Crippen LogP contribution in [0.5, 0.6) is 0 Å². The molecule has 1 aromatic carbocycles. The molecule has 0 unspecified atom stereocenters. The van der Waals surface area contributed by atoms with Crippen LogP contribution in [0.4, 0.5) is 0 Å². The zero-order valence-corrected chi connectivity index (χ0v) is 13.6. The van der Waals surface area contributed by atoms with E-state index in [4.69, 9.17) is 0 Å². The third-order valence-electron chi connectivity index (χ3n) is 3.14. The van der Waals surface area contributed by atoms with E-state index in [0.717, 1.165) is 29.5 Å². The maximum Gasteiger partial charge on any atom is 0.191 e. The number of thioether (sulfide) groups is 1. The van der Waals surface area contributed by atoms with Crippen LogP contribution in [0, 0.1) is 0 Å². The summed E-state index contributed by atoms with van der Waals surface area (Å²) >= 11 is 1.47. The SMILES string of the molecule is CCCn1c(SCC(=O)c2ccccc2)nnc1C(C)C. The second-order valence-corrected chi connectivity index (χ2v) is 6.17. The smallest absolute Gasteiger partial charge is 0.191 e. The van der Waals surface area contributed by atoms with E-state index in [2.05, 4.69) is 35.5 Å². The van der Waals surface area contributed by atoms with Crippen LogP contribution in [0.1, 0.15) is 49.3 Å². The van der Waals surface area contributed by atoms with E-state index in [1.54, 1.807) is 0 Å². The van der Waals surface area contributed by atoms with E-state index >= 15 is 0 Å². The van der Waals surface area contributed by atoms with E-state index in [1.807, 2.05) is 30.3 Å². The number of hydrogen-bond acceptors (Lipinski definition) is 4. The average molecular weight is 303 g/mol. The van der Waals surface area contributed by atoms with Gasteiger partial charge in [0.2, 0.25) is 0 Å². The van der Waals surface area contributed by atoms with Crippen molar-refractivity contribution in [3.05, 3.63) is 41.7 Å². The van der Waals surface area contributed by atoms with Crippen LogP contribution in [0.2, 0.25) is 0 Å². The number of benzene rings is 1. The van der Waals surface area contributed by atoms with Crippen LogP contribution in [0.15, 0.2) is 35.5 Å². The Morgan fingerprint density at radius 2 is 1.95 bits per heavy atom. The molecule has 0 aliphatic heterocycles. The van der Waals surface area contributed by atoms with Gasteiger partial charge in [0.25, 0.3) is 0 Å². The van der Waals surface area contributed by atoms with E-state index in [0.29, 0.717) is 11.7 Å². The van der Waals surface area contributed by atoms with Gasteiger partial charge >= 0.3 is 0 Å². The summed E-state index contributed by atoms with van der Waals surface area (Å²) in [4.78, 5) is 12.1. The molecule has 0 saturated heterocycles. The third kappa shape index (κ3) is 3.94. The van der Waals surface area contributed by atoms with Gasteiger partial charge in [-0.2, -0.15) is 0 Å². The average Bonchev–Trinajstić information content (AvgIpc) is 2.89. The maximum absolute atomic E-state index is 12.1. The Hall–Kier alpha value is -1.62. The molecule has 0 N–H and O–H groups in total. The molecule has 5 heteroatoms. The van der Waals surface area contributed by atoms with Gasteiger partial charge in [0.15, 0.2) is 10.9 Å². The summed E-state index contributed by atoms with van der Waals surface area (Å²) in [5.41, 5.74) is 0.746. The van der Waals surface area contributed by atoms with Gasteiger partial charge in [-0.05, 0) is 6.42 Å². The van der Waals surface area contributed by atoms with Crippen molar-refractivity contribution in [1.82, 2.24) is 14.8 Å². The molecule has 0 radical (unpaired) electrons. The Balaban J connectivity index is 2.08. The number of hydrogen-bond donors (Lipinski definition) is 0. The van der Waals surface area contributed by atoms with Crippen LogP contribution in [-0.2, 0) is 6.54 Å². The van der Waals surface area contributed by atoms with Gasteiger partial charge < -0.3 is 4.57 Å². The van der Waals surface area contributed by atoms with Crippen LogP contribution >= 0.6 is 11.8 Å². The molecule has 4 nitrogen and oxygen atoms in total. The monoisotopic (exact) mass is 303 g/mol. The van der Waals surface area contributed by atoms with Crippen LogP contribution in [-0.4, -0.2) is 26.3 Å². The quantitative estimate of drug-likeness (QED) is 0.577. The van der Waals surface area contributed by atoms with Crippen molar-refractivity contribution in [2.75, 3.05) is 5.75 Å². The summed E-state index contributed by atoms with van der Waals surface area (Å²) < 4.78 is 2.13. The number of aromatic nitrogens is 3. The lowest BCUT2D eigenvalue weighted by molar-refractivity contribution is 0.102. The molecule has 0 aliphatic rings. The number of ketones is 1. The first-order valence-electron chi connectivity index (χ1n) is 7.27. The molecule has 0 saturated carbocycles. The van der Waals surface area contributed by atoms with Gasteiger partial charge in [-0.15, -0.1) is 10.2 Å². The lowest BCUT2D eigenvalue weighted by Crippen LogP contribution is -2.08. The van der Waals surface area contributed by atoms with Gasteiger partial charge in [0.05, 0.1) is 5.75 Å². The second-order valence-electron chi connectivity index (χ2n) is 5.22. The molecule has 2 rings (SSSR count). The van der Waals surface area contributed by atoms with Crippen LogP contribution < -0.4 is 0 Å². The number of Topliss-reactive ketones (excluding diaryl/α,β-unsaturated/α-hetero) is 1. The highest BCUT2D eigenvalue weighted by atomic mass is 32.2. The zero-order valence-electron chi connectivity index (χ0n) is 12.7. The first-order valence-corrected chi connectivity index (χ1v) is 8.26. The third-order valence-corrected chi connectivity index (χ3v) is 4.10. The van der Waals surface area contributed by atoms with Crippen molar-refractivity contribution in [3.63, 3.8) is 0 Å². The fraction of sp³-hybridized carbons (Fsp3) is 0.438. The molecule has 0 fully saturated rings. The summed E-state index contributed by atoms with van der Waals surface area (Å²) in [6, 6.07) is 9.37. The highest BCUT2D eigenvalue weighted by molar-refractivity contribution is 7.99. The Bertz CT molecular complexity index is 593. The largest absolute Gasteiger partial charge is 0.306 e. The van der Waals surface area contributed by atoms with Crippen molar-refractivity contribution in [1.29, 1.82) is 0 Å².